The monoisotopic (exact) mass is 491 g/mol. The first kappa shape index (κ1) is 24.3. The van der Waals surface area contributed by atoms with E-state index in [9.17, 15) is 19.1 Å². The zero-order chi connectivity index (χ0) is 25.1. The van der Waals surface area contributed by atoms with Crippen molar-refractivity contribution >= 4 is 22.9 Å². The molecule has 1 saturated carbocycles. The van der Waals surface area contributed by atoms with Gasteiger partial charge in [-0.1, -0.05) is 49.6 Å². The second-order valence-electron chi connectivity index (χ2n) is 10.3. The Kier molecular flexibility index (Phi) is 7.25. The third-order valence-corrected chi connectivity index (χ3v) is 7.86. The Bertz CT molecular complexity index is 1230. The van der Waals surface area contributed by atoms with Crippen LogP contribution >= 0.6 is 0 Å². The lowest BCUT2D eigenvalue weighted by atomic mass is 9.86. The Morgan fingerprint density at radius 3 is 2.58 bits per heavy atom. The van der Waals surface area contributed by atoms with Crippen LogP contribution < -0.4 is 5.32 Å². The standard InChI is InChI=1S/C29H34FN3O3/c30-22-11-13-26-24(15-22)25-16-23(12-14-27(25)33(26)19-28(34)35)32(18-21-9-5-2-6-10-21)29(36)31-17-20-7-3-1-4-8-20/h1,3-4,7-8,11,13,15,21,23H,2,5-6,9-10,12,14,16-19H2,(H,31,36)(H,34,35). The molecule has 2 aliphatic rings. The molecule has 36 heavy (non-hydrogen) atoms. The minimum atomic E-state index is -0.916. The van der Waals surface area contributed by atoms with Crippen LogP contribution in [0.15, 0.2) is 48.5 Å². The number of benzene rings is 2. The Balaban J connectivity index is 1.42. The molecule has 6 nitrogen and oxygen atoms in total. The summed E-state index contributed by atoms with van der Waals surface area (Å²) in [4.78, 5) is 27.1. The third kappa shape index (κ3) is 5.25. The van der Waals surface area contributed by atoms with E-state index >= 15 is 0 Å². The van der Waals surface area contributed by atoms with Crippen LogP contribution in [0.25, 0.3) is 10.9 Å². The van der Waals surface area contributed by atoms with Gasteiger partial charge in [0.25, 0.3) is 0 Å². The van der Waals surface area contributed by atoms with E-state index in [0.29, 0.717) is 25.3 Å². The number of carbonyl (C=O) groups excluding carboxylic acids is 1. The quantitative estimate of drug-likeness (QED) is 0.457. The molecule has 0 radical (unpaired) electrons. The lowest BCUT2D eigenvalue weighted by Crippen LogP contribution is -2.50. The molecule has 0 aliphatic heterocycles. The van der Waals surface area contributed by atoms with E-state index < -0.39 is 5.97 Å². The minimum absolute atomic E-state index is 0.0117. The summed E-state index contributed by atoms with van der Waals surface area (Å²) < 4.78 is 16.0. The fourth-order valence-electron chi connectivity index (χ4n) is 6.11. The van der Waals surface area contributed by atoms with E-state index in [2.05, 4.69) is 5.32 Å². The molecule has 0 spiro atoms. The molecule has 7 heteroatoms. The Morgan fingerprint density at radius 1 is 1.06 bits per heavy atom. The number of carboxylic acid groups (broad SMARTS) is 1. The van der Waals surface area contributed by atoms with E-state index in [-0.39, 0.29) is 24.4 Å². The highest BCUT2D eigenvalue weighted by Gasteiger charge is 2.33. The van der Waals surface area contributed by atoms with E-state index in [1.54, 1.807) is 6.07 Å². The highest BCUT2D eigenvalue weighted by molar-refractivity contribution is 5.87. The fraction of sp³-hybridized carbons (Fsp3) is 0.448. The van der Waals surface area contributed by atoms with Gasteiger partial charge in [-0.25, -0.2) is 9.18 Å². The van der Waals surface area contributed by atoms with Crippen LogP contribution in [0.5, 0.6) is 0 Å². The van der Waals surface area contributed by atoms with Crippen molar-refractivity contribution in [3.63, 3.8) is 0 Å². The van der Waals surface area contributed by atoms with Crippen molar-refractivity contribution in [1.29, 1.82) is 0 Å². The lowest BCUT2D eigenvalue weighted by molar-refractivity contribution is -0.137. The number of carboxylic acids is 1. The first-order chi connectivity index (χ1) is 17.5. The highest BCUT2D eigenvalue weighted by Crippen LogP contribution is 2.35. The van der Waals surface area contributed by atoms with Gasteiger partial charge in [0, 0.05) is 35.7 Å². The van der Waals surface area contributed by atoms with Gasteiger partial charge in [-0.2, -0.15) is 0 Å². The van der Waals surface area contributed by atoms with Crippen molar-refractivity contribution in [2.75, 3.05) is 6.54 Å². The summed E-state index contributed by atoms with van der Waals surface area (Å²) in [5.74, 6) is -0.756. The van der Waals surface area contributed by atoms with Gasteiger partial charge < -0.3 is 19.9 Å². The third-order valence-electron chi connectivity index (χ3n) is 7.86. The van der Waals surface area contributed by atoms with E-state index in [1.807, 2.05) is 39.8 Å². The number of fused-ring (bicyclic) bond motifs is 3. The van der Waals surface area contributed by atoms with Crippen LogP contribution in [0.3, 0.4) is 0 Å². The molecule has 2 N–H and O–H groups in total. The van der Waals surface area contributed by atoms with Gasteiger partial charge in [-0.3, -0.25) is 4.79 Å². The number of hydrogen-bond acceptors (Lipinski definition) is 2. The zero-order valence-electron chi connectivity index (χ0n) is 20.6. The summed E-state index contributed by atoms with van der Waals surface area (Å²) in [6.45, 7) is 1.05. The van der Waals surface area contributed by atoms with Crippen LogP contribution in [0.4, 0.5) is 9.18 Å². The van der Waals surface area contributed by atoms with E-state index in [0.717, 1.165) is 53.5 Å². The SMILES string of the molecule is O=C(O)Cn1c2c(c3cc(F)ccc31)CC(N(CC1CCCCC1)C(=O)NCc1ccccc1)CC2. The molecule has 1 fully saturated rings. The maximum absolute atomic E-state index is 14.2. The summed E-state index contributed by atoms with van der Waals surface area (Å²) >= 11 is 0. The molecule has 1 atom stereocenters. The van der Waals surface area contributed by atoms with Gasteiger partial charge in [0.15, 0.2) is 0 Å². The average Bonchev–Trinajstić information content (AvgIpc) is 3.18. The predicted octanol–water partition coefficient (Wildman–Crippen LogP) is 5.51. The van der Waals surface area contributed by atoms with Crippen molar-refractivity contribution in [3.8, 4) is 0 Å². The topological polar surface area (TPSA) is 74.6 Å². The molecule has 1 heterocycles. The molecular formula is C29H34FN3O3. The Labute approximate surface area is 211 Å². The maximum Gasteiger partial charge on any atom is 0.323 e. The normalized spacial score (nSPS) is 18.1. The molecule has 2 amide bonds. The summed E-state index contributed by atoms with van der Waals surface area (Å²) in [5, 5.41) is 13.4. The number of hydrogen-bond donors (Lipinski definition) is 2. The van der Waals surface area contributed by atoms with Crippen molar-refractivity contribution < 1.29 is 19.1 Å². The number of aromatic nitrogens is 1. The number of halogens is 1. The first-order valence-corrected chi connectivity index (χ1v) is 13.1. The van der Waals surface area contributed by atoms with Crippen LogP contribution in [0.1, 0.15) is 55.3 Å². The first-order valence-electron chi connectivity index (χ1n) is 13.1. The van der Waals surface area contributed by atoms with Crippen LogP contribution in [-0.2, 0) is 30.7 Å². The van der Waals surface area contributed by atoms with Gasteiger partial charge in [-0.05, 0) is 67.3 Å². The molecule has 2 aliphatic carbocycles. The number of aliphatic carboxylic acids is 1. The molecule has 0 bridgehead atoms. The molecule has 3 aromatic rings. The number of urea groups is 1. The number of nitrogens with one attached hydrogen (secondary N) is 1. The van der Waals surface area contributed by atoms with Gasteiger partial charge in [0.05, 0.1) is 0 Å². The second kappa shape index (κ2) is 10.7. The summed E-state index contributed by atoms with van der Waals surface area (Å²) in [6.07, 6.45) is 7.99. The molecule has 5 rings (SSSR count). The fourth-order valence-corrected chi connectivity index (χ4v) is 6.11. The molecule has 190 valence electrons. The summed E-state index contributed by atoms with van der Waals surface area (Å²) in [7, 11) is 0. The minimum Gasteiger partial charge on any atom is -0.480 e. The summed E-state index contributed by atoms with van der Waals surface area (Å²) in [5.41, 5.74) is 3.74. The number of amides is 2. The van der Waals surface area contributed by atoms with Crippen molar-refractivity contribution in [1.82, 2.24) is 14.8 Å². The zero-order valence-corrected chi connectivity index (χ0v) is 20.6. The maximum atomic E-state index is 14.2. The molecule has 2 aromatic carbocycles. The van der Waals surface area contributed by atoms with Crippen molar-refractivity contribution in [2.24, 2.45) is 5.92 Å². The van der Waals surface area contributed by atoms with Crippen LogP contribution in [0, 0.1) is 11.7 Å². The van der Waals surface area contributed by atoms with Gasteiger partial charge in [0.2, 0.25) is 0 Å². The predicted molar refractivity (Wildman–Crippen MR) is 137 cm³/mol. The lowest BCUT2D eigenvalue weighted by Gasteiger charge is -2.38. The Hall–Kier alpha value is -3.35. The van der Waals surface area contributed by atoms with Crippen LogP contribution in [-0.4, -0.2) is 39.2 Å². The number of nitrogens with zero attached hydrogens (tertiary/aromatic N) is 2. The molecule has 1 aromatic heterocycles. The smallest absolute Gasteiger partial charge is 0.323 e. The van der Waals surface area contributed by atoms with Gasteiger partial charge in [-0.15, -0.1) is 0 Å². The van der Waals surface area contributed by atoms with Crippen molar-refractivity contribution in [2.45, 2.75) is 70.5 Å². The number of carbonyl (C=O) groups is 2. The van der Waals surface area contributed by atoms with E-state index in [4.69, 9.17) is 0 Å². The molecular weight excluding hydrogens is 457 g/mol. The van der Waals surface area contributed by atoms with E-state index in [1.165, 1.54) is 31.4 Å². The highest BCUT2D eigenvalue weighted by atomic mass is 19.1. The largest absolute Gasteiger partial charge is 0.480 e. The second-order valence-corrected chi connectivity index (χ2v) is 10.3. The number of rotatable bonds is 7. The van der Waals surface area contributed by atoms with Gasteiger partial charge in [0.1, 0.15) is 12.4 Å². The molecule has 0 saturated heterocycles. The van der Waals surface area contributed by atoms with Crippen LogP contribution in [0.2, 0.25) is 0 Å². The molecule has 1 unspecified atom stereocenters. The van der Waals surface area contributed by atoms with Gasteiger partial charge >= 0.3 is 12.0 Å². The average molecular weight is 492 g/mol. The summed E-state index contributed by atoms with van der Waals surface area (Å²) in [6, 6.07) is 14.4. The van der Waals surface area contributed by atoms with Crippen molar-refractivity contribution in [3.05, 3.63) is 71.2 Å². The Morgan fingerprint density at radius 2 is 1.83 bits per heavy atom.